The van der Waals surface area contributed by atoms with E-state index in [1.54, 1.807) is 0 Å². The van der Waals surface area contributed by atoms with E-state index >= 15 is 0 Å². The molecule has 1 fully saturated rings. The molecule has 1 aliphatic rings. The summed E-state index contributed by atoms with van der Waals surface area (Å²) >= 11 is 0. The molecule has 0 heterocycles. The second kappa shape index (κ2) is 2.90. The molecule has 0 radical (unpaired) electrons. The summed E-state index contributed by atoms with van der Waals surface area (Å²) in [6, 6.07) is 0. The zero-order chi connectivity index (χ0) is 8.43. The summed E-state index contributed by atoms with van der Waals surface area (Å²) in [5.41, 5.74) is 5.00. The summed E-state index contributed by atoms with van der Waals surface area (Å²) < 4.78 is 0. The molecule has 3 N–H and O–H groups in total. The Bertz CT molecular complexity index is 191. The van der Waals surface area contributed by atoms with Crippen molar-refractivity contribution in [2.75, 3.05) is 6.54 Å². The maximum atomic E-state index is 11.0. The molecule has 2 atom stereocenters. The molecule has 0 spiro atoms. The smallest absolute Gasteiger partial charge is 0.223 e. The van der Waals surface area contributed by atoms with Crippen LogP contribution >= 0.6 is 0 Å². The number of rotatable bonds is 3. The molecule has 0 aliphatic heterocycles. The van der Waals surface area contributed by atoms with Gasteiger partial charge in [-0.2, -0.15) is 0 Å². The van der Waals surface area contributed by atoms with E-state index < -0.39 is 0 Å². The van der Waals surface area contributed by atoms with Crippen molar-refractivity contribution in [3.05, 3.63) is 0 Å². The van der Waals surface area contributed by atoms with Gasteiger partial charge in [-0.3, -0.25) is 9.59 Å². The van der Waals surface area contributed by atoms with E-state index in [9.17, 15) is 9.59 Å². The highest BCUT2D eigenvalue weighted by molar-refractivity contribution is 5.91. The summed E-state index contributed by atoms with van der Waals surface area (Å²) in [4.78, 5) is 21.5. The molecule has 1 rings (SSSR count). The molecule has 11 heavy (non-hydrogen) atoms. The molecule has 4 heteroatoms. The highest BCUT2D eigenvalue weighted by atomic mass is 16.2. The van der Waals surface area contributed by atoms with E-state index in [0.29, 0.717) is 13.0 Å². The number of nitrogens with two attached hydrogens (primary N) is 1. The van der Waals surface area contributed by atoms with E-state index in [1.165, 1.54) is 0 Å². The molecule has 0 aromatic rings. The number of primary amides is 1. The number of amides is 2. The van der Waals surface area contributed by atoms with E-state index in [2.05, 4.69) is 5.32 Å². The van der Waals surface area contributed by atoms with Gasteiger partial charge in [0.25, 0.3) is 0 Å². The molecular formula is C7H12N2O2. The SMILES string of the molecule is CCNC(=O)C1CC1C(N)=O. The third kappa shape index (κ3) is 1.69. The molecule has 4 nitrogen and oxygen atoms in total. The molecule has 62 valence electrons. The normalized spacial score (nSPS) is 27.7. The molecule has 2 unspecified atom stereocenters. The van der Waals surface area contributed by atoms with Crippen molar-refractivity contribution in [3.8, 4) is 0 Å². The number of hydrogen-bond donors (Lipinski definition) is 2. The van der Waals surface area contributed by atoms with Gasteiger partial charge in [0, 0.05) is 6.54 Å². The molecule has 2 amide bonds. The van der Waals surface area contributed by atoms with Crippen LogP contribution in [0.2, 0.25) is 0 Å². The number of nitrogens with one attached hydrogen (secondary N) is 1. The van der Waals surface area contributed by atoms with Crippen molar-refractivity contribution in [2.45, 2.75) is 13.3 Å². The first-order valence-electron chi connectivity index (χ1n) is 3.73. The first-order valence-corrected chi connectivity index (χ1v) is 3.73. The maximum absolute atomic E-state index is 11.0. The fraction of sp³-hybridized carbons (Fsp3) is 0.714. The molecule has 1 aliphatic carbocycles. The second-order valence-corrected chi connectivity index (χ2v) is 2.75. The topological polar surface area (TPSA) is 72.2 Å². The first-order chi connectivity index (χ1) is 5.16. The van der Waals surface area contributed by atoms with Crippen molar-refractivity contribution in [1.82, 2.24) is 5.32 Å². The quantitative estimate of drug-likeness (QED) is 0.564. The Labute approximate surface area is 65.1 Å². The van der Waals surface area contributed by atoms with Crippen LogP contribution in [0.25, 0.3) is 0 Å². The predicted octanol–water partition coefficient (Wildman–Crippen LogP) is -0.756. The minimum absolute atomic E-state index is 0.0451. The van der Waals surface area contributed by atoms with Gasteiger partial charge in [-0.15, -0.1) is 0 Å². The van der Waals surface area contributed by atoms with Crippen molar-refractivity contribution >= 4 is 11.8 Å². The Morgan fingerprint density at radius 2 is 2.18 bits per heavy atom. The van der Waals surface area contributed by atoms with Gasteiger partial charge in [0.2, 0.25) is 11.8 Å². The van der Waals surface area contributed by atoms with Crippen molar-refractivity contribution in [1.29, 1.82) is 0 Å². The lowest BCUT2D eigenvalue weighted by atomic mass is 10.3. The van der Waals surface area contributed by atoms with Crippen LogP contribution < -0.4 is 11.1 Å². The Kier molecular flexibility index (Phi) is 2.12. The lowest BCUT2D eigenvalue weighted by Gasteiger charge is -1.97. The van der Waals surface area contributed by atoms with Gasteiger partial charge >= 0.3 is 0 Å². The lowest BCUT2D eigenvalue weighted by Crippen LogP contribution is -2.27. The first kappa shape index (κ1) is 8.04. The highest BCUT2D eigenvalue weighted by Crippen LogP contribution is 2.37. The van der Waals surface area contributed by atoms with Crippen LogP contribution in [-0.4, -0.2) is 18.4 Å². The van der Waals surface area contributed by atoms with Gasteiger partial charge in [-0.1, -0.05) is 0 Å². The van der Waals surface area contributed by atoms with Gasteiger partial charge in [0.05, 0.1) is 11.8 Å². The third-order valence-corrected chi connectivity index (χ3v) is 1.84. The number of carbonyl (C=O) groups excluding carboxylic acids is 2. The summed E-state index contributed by atoms with van der Waals surface area (Å²) in [5.74, 6) is -0.758. The molecule has 0 aromatic carbocycles. The molecule has 0 saturated heterocycles. The fourth-order valence-electron chi connectivity index (χ4n) is 1.10. The van der Waals surface area contributed by atoms with Crippen LogP contribution in [0.1, 0.15) is 13.3 Å². The highest BCUT2D eigenvalue weighted by Gasteiger charge is 2.46. The van der Waals surface area contributed by atoms with Gasteiger partial charge < -0.3 is 11.1 Å². The molecule has 0 bridgehead atoms. The number of hydrogen-bond acceptors (Lipinski definition) is 2. The van der Waals surface area contributed by atoms with Crippen LogP contribution in [0.5, 0.6) is 0 Å². The fourth-order valence-corrected chi connectivity index (χ4v) is 1.10. The predicted molar refractivity (Wildman–Crippen MR) is 39.5 cm³/mol. The van der Waals surface area contributed by atoms with E-state index in [0.717, 1.165) is 0 Å². The lowest BCUT2D eigenvalue weighted by molar-refractivity contribution is -0.125. The van der Waals surface area contributed by atoms with Crippen LogP contribution in [0.15, 0.2) is 0 Å². The Hall–Kier alpha value is -1.06. The Balaban J connectivity index is 2.32. The minimum atomic E-state index is -0.360. The van der Waals surface area contributed by atoms with E-state index in [1.807, 2.05) is 6.92 Å². The summed E-state index contributed by atoms with van der Waals surface area (Å²) in [7, 11) is 0. The van der Waals surface area contributed by atoms with Crippen LogP contribution in [0.4, 0.5) is 0 Å². The van der Waals surface area contributed by atoms with Gasteiger partial charge in [-0.25, -0.2) is 0 Å². The molecule has 1 saturated carbocycles. The van der Waals surface area contributed by atoms with Gasteiger partial charge in [0.1, 0.15) is 0 Å². The largest absolute Gasteiger partial charge is 0.369 e. The Morgan fingerprint density at radius 3 is 2.55 bits per heavy atom. The van der Waals surface area contributed by atoms with Crippen LogP contribution in [0, 0.1) is 11.8 Å². The van der Waals surface area contributed by atoms with Crippen molar-refractivity contribution < 1.29 is 9.59 Å². The zero-order valence-electron chi connectivity index (χ0n) is 6.46. The third-order valence-electron chi connectivity index (χ3n) is 1.84. The average molecular weight is 156 g/mol. The molecule has 0 aromatic heterocycles. The average Bonchev–Trinajstić information content (AvgIpc) is 2.65. The zero-order valence-corrected chi connectivity index (χ0v) is 6.46. The molecular weight excluding hydrogens is 144 g/mol. The summed E-state index contributed by atoms with van der Waals surface area (Å²) in [6.07, 6.45) is 0.626. The van der Waals surface area contributed by atoms with E-state index in [4.69, 9.17) is 5.73 Å². The maximum Gasteiger partial charge on any atom is 0.223 e. The standard InChI is InChI=1S/C7H12N2O2/c1-2-9-7(11)5-3-4(5)6(8)10/h4-5H,2-3H2,1H3,(H2,8,10)(H,9,11). The van der Waals surface area contributed by atoms with E-state index in [-0.39, 0.29) is 23.7 Å². The van der Waals surface area contributed by atoms with Crippen molar-refractivity contribution in [2.24, 2.45) is 17.6 Å². The summed E-state index contributed by atoms with van der Waals surface area (Å²) in [5, 5.41) is 2.65. The van der Waals surface area contributed by atoms with Crippen LogP contribution in [0.3, 0.4) is 0 Å². The Morgan fingerprint density at radius 1 is 1.55 bits per heavy atom. The van der Waals surface area contributed by atoms with Crippen molar-refractivity contribution in [3.63, 3.8) is 0 Å². The van der Waals surface area contributed by atoms with Crippen LogP contribution in [-0.2, 0) is 9.59 Å². The second-order valence-electron chi connectivity index (χ2n) is 2.75. The minimum Gasteiger partial charge on any atom is -0.369 e. The van der Waals surface area contributed by atoms with Gasteiger partial charge in [-0.05, 0) is 13.3 Å². The summed E-state index contributed by atoms with van der Waals surface area (Å²) in [6.45, 7) is 2.46. The van der Waals surface area contributed by atoms with Gasteiger partial charge in [0.15, 0.2) is 0 Å². The monoisotopic (exact) mass is 156 g/mol. The number of carbonyl (C=O) groups is 2.